The number of likely N-dealkylation sites (tertiary alicyclic amines) is 4. The second-order valence-corrected chi connectivity index (χ2v) is 36.1. The molecule has 0 saturated carbocycles. The first-order chi connectivity index (χ1) is 64.0. The zero-order valence-corrected chi connectivity index (χ0v) is 77.0. The third-order valence-electron chi connectivity index (χ3n) is 25.8. The van der Waals surface area contributed by atoms with Gasteiger partial charge in [-0.1, -0.05) is 217 Å². The van der Waals surface area contributed by atoms with Crippen LogP contribution >= 0.6 is 34.8 Å². The molecular weight excluding hydrogens is 1750 g/mol. The summed E-state index contributed by atoms with van der Waals surface area (Å²) in [4.78, 5) is 59.4. The number of hydrogen-bond donors (Lipinski definition) is 8. The Kier molecular flexibility index (Phi) is 33.4. The van der Waals surface area contributed by atoms with E-state index in [0.717, 1.165) is 206 Å². The minimum Gasteiger partial charge on any atom is -0.337 e. The van der Waals surface area contributed by atoms with Gasteiger partial charge in [0.05, 0.1) is 33.9 Å². The Hall–Kier alpha value is -12.9. The van der Waals surface area contributed by atoms with Crippen LogP contribution in [0.5, 0.6) is 0 Å². The molecule has 0 aromatic heterocycles. The lowest BCUT2D eigenvalue weighted by atomic mass is 9.72. The van der Waals surface area contributed by atoms with E-state index in [1.807, 2.05) is 177 Å². The molecule has 12 aromatic carbocycles. The van der Waals surface area contributed by atoms with E-state index in [9.17, 15) is 51.7 Å². The lowest BCUT2D eigenvalue weighted by Crippen LogP contribution is -2.48. The van der Waals surface area contributed by atoms with Crippen molar-refractivity contribution in [2.75, 3.05) is 128 Å². The smallest absolute Gasteiger partial charge is 0.337 e. The van der Waals surface area contributed by atoms with Crippen LogP contribution in [0.4, 0.5) is 63.9 Å². The third-order valence-corrected chi connectivity index (χ3v) is 26.6. The predicted octanol–water partition coefficient (Wildman–Crippen LogP) is 23.6. The summed E-state index contributed by atoms with van der Waals surface area (Å²) in [6.45, 7) is 9.47. The Labute approximate surface area is 789 Å². The quantitative estimate of drug-likeness (QED) is 0.0337. The van der Waals surface area contributed by atoms with Crippen molar-refractivity contribution in [1.82, 2.24) is 40.9 Å². The molecule has 4 fully saturated rings. The molecule has 133 heavy (non-hydrogen) atoms. The van der Waals surface area contributed by atoms with E-state index in [-0.39, 0.29) is 45.1 Å². The van der Waals surface area contributed by atoms with E-state index >= 15 is 0 Å². The zero-order chi connectivity index (χ0) is 94.1. The Morgan fingerprint density at radius 2 is 0.594 bits per heavy atom. The van der Waals surface area contributed by atoms with E-state index in [1.54, 1.807) is 6.07 Å². The Bertz CT molecular complexity index is 6000. The average Bonchev–Trinajstić information content (AvgIpc) is 0.792. The molecule has 0 unspecified atom stereocenters. The van der Waals surface area contributed by atoms with E-state index < -0.39 is 40.5 Å². The summed E-state index contributed by atoms with van der Waals surface area (Å²) >= 11 is 18.0. The highest BCUT2D eigenvalue weighted by Gasteiger charge is 2.41. The summed E-state index contributed by atoms with van der Waals surface area (Å²) in [6.07, 6.45) is 2.75. The second kappa shape index (κ2) is 45.5. The summed E-state index contributed by atoms with van der Waals surface area (Å²) in [5.74, 6) is -1.48. The van der Waals surface area contributed by atoms with Gasteiger partial charge in [0.2, 0.25) is 0 Å². The van der Waals surface area contributed by atoms with Crippen molar-refractivity contribution < 1.29 is 41.1 Å². The monoisotopic (exact) mass is 1850 g/mol. The maximum absolute atomic E-state index is 13.4. The molecule has 8 N–H and O–H groups in total. The van der Waals surface area contributed by atoms with Crippen molar-refractivity contribution in [3.8, 4) is 56.6 Å². The van der Waals surface area contributed by atoms with Crippen LogP contribution in [0.1, 0.15) is 90.3 Å². The number of rotatable bonds is 20. The van der Waals surface area contributed by atoms with Gasteiger partial charge in [-0.15, -0.1) is 0 Å². The zero-order valence-electron chi connectivity index (χ0n) is 74.7. The van der Waals surface area contributed by atoms with E-state index in [0.29, 0.717) is 42.3 Å². The van der Waals surface area contributed by atoms with Crippen molar-refractivity contribution in [3.05, 3.63) is 357 Å². The number of anilines is 4. The number of nitrogens with one attached hydrogen (secondary N) is 8. The summed E-state index contributed by atoms with van der Waals surface area (Å²) in [5.41, 5.74) is 14.3. The molecule has 0 spiro atoms. The first kappa shape index (κ1) is 97.6. The standard InChI is InChI=1S/C28H26ClF3N4O.C27H28N4O.C26H26ClF2N3O.C26H28ClN3O/c1-36-13-11-27(12-14-36,22-7-5-20(6-8-22)21-4-2-3-19(15-21)17-33)18-34-26(37)35-23-9-10-25(29)24(16-23)28(30,31)32;1-31-16-14-27(15-17-31,20-29-26(32)30-25-8-3-2-4-9-25)24-12-10-22(11-13-24)23-7-5-6-21(18-23)19-28;1-32-11-9-26(10-12-32,17-30-25(33)31-24-15-22(28)14-23(29)16-24)20-7-5-18(6-8-20)19-3-2-4-21(27)13-19;1-30-16-14-26(15-17-30,19-28-25(31)29-24-8-3-2-4-9-24)22-12-10-20(11-13-22)21-6-5-7-23(27)18-21/h2-10,15-16H,11-14,18H2,1H3,(H2,34,35,37);2-13,18H,14-17,20H2,1H3,(H2,29,30,32);2-8,13-16H,9-12,17H2,1H3,(H2,30,31,33);2-13,18H,14-17,19H2,1H3,(H2,28,29,31). The van der Waals surface area contributed by atoms with Crippen LogP contribution in [-0.2, 0) is 27.8 Å². The first-order valence-corrected chi connectivity index (χ1v) is 45.5. The number of benzene rings is 12. The average molecular weight is 1860 g/mol. The van der Waals surface area contributed by atoms with Gasteiger partial charge in [0.25, 0.3) is 0 Å². The van der Waals surface area contributed by atoms with Crippen LogP contribution in [0, 0.1) is 34.3 Å². The number of nitrogens with zero attached hydrogens (tertiary/aromatic N) is 6. The van der Waals surface area contributed by atoms with Gasteiger partial charge in [-0.05, 0) is 302 Å². The normalized spacial score (nSPS) is 15.7. The maximum atomic E-state index is 13.4. The van der Waals surface area contributed by atoms with Gasteiger partial charge in [0.15, 0.2) is 0 Å². The summed E-state index contributed by atoms with van der Waals surface area (Å²) in [5, 5.41) is 42.2. The maximum Gasteiger partial charge on any atom is 0.417 e. The Morgan fingerprint density at radius 3 is 0.880 bits per heavy atom. The summed E-state index contributed by atoms with van der Waals surface area (Å²) in [6, 6.07) is 92.7. The highest BCUT2D eigenvalue weighted by molar-refractivity contribution is 6.32. The number of carbonyl (C=O) groups excluding carboxylic acids is 4. The molecule has 4 heterocycles. The molecule has 0 aliphatic carbocycles. The number of nitriles is 2. The number of urea groups is 4. The predicted molar refractivity (Wildman–Crippen MR) is 524 cm³/mol. The second-order valence-electron chi connectivity index (χ2n) is 34.9. The van der Waals surface area contributed by atoms with Gasteiger partial charge in [-0.25, -0.2) is 28.0 Å². The number of piperidine rings is 4. The number of para-hydroxylation sites is 2. The van der Waals surface area contributed by atoms with Gasteiger partial charge in [-0.2, -0.15) is 23.7 Å². The van der Waals surface area contributed by atoms with Crippen molar-refractivity contribution in [2.45, 2.75) is 79.2 Å². The van der Waals surface area contributed by atoms with Crippen LogP contribution in [0.25, 0.3) is 44.5 Å². The van der Waals surface area contributed by atoms with Crippen molar-refractivity contribution in [2.24, 2.45) is 0 Å². The molecule has 4 aliphatic rings. The minimum absolute atomic E-state index is 0.00982. The van der Waals surface area contributed by atoms with Crippen molar-refractivity contribution >= 4 is 81.7 Å². The Morgan fingerprint density at radius 1 is 0.316 bits per heavy atom. The number of alkyl halides is 3. The molecule has 0 bridgehead atoms. The molecule has 16 rings (SSSR count). The van der Waals surface area contributed by atoms with E-state index in [1.165, 1.54) is 17.2 Å². The van der Waals surface area contributed by atoms with Gasteiger partial charge < -0.3 is 62.1 Å². The summed E-state index contributed by atoms with van der Waals surface area (Å²) in [7, 11) is 8.44. The molecule has 8 amide bonds. The number of carbonyl (C=O) groups is 4. The molecular formula is C107H108Cl3F5N14O4. The fraction of sp³-hybridized carbons (Fsp3) is 0.271. The molecule has 4 aliphatic heterocycles. The van der Waals surface area contributed by atoms with E-state index in [4.69, 9.17) is 34.8 Å². The lowest BCUT2D eigenvalue weighted by Gasteiger charge is -2.41. The van der Waals surface area contributed by atoms with E-state index in [2.05, 4.69) is 174 Å². The van der Waals surface area contributed by atoms with Gasteiger partial charge in [0.1, 0.15) is 11.6 Å². The number of amides is 8. The largest absolute Gasteiger partial charge is 0.417 e. The first-order valence-electron chi connectivity index (χ1n) is 44.4. The minimum atomic E-state index is -4.62. The van der Waals surface area contributed by atoms with Gasteiger partial charge in [-0.3, -0.25) is 0 Å². The highest BCUT2D eigenvalue weighted by Crippen LogP contribution is 2.43. The van der Waals surface area contributed by atoms with Crippen LogP contribution in [0.15, 0.2) is 291 Å². The third kappa shape index (κ3) is 26.9. The summed E-state index contributed by atoms with van der Waals surface area (Å²) < 4.78 is 66.4. The van der Waals surface area contributed by atoms with Gasteiger partial charge in [0, 0.05) is 86.7 Å². The molecule has 0 radical (unpaired) electrons. The molecule has 4 saturated heterocycles. The molecule has 12 aromatic rings. The molecule has 0 atom stereocenters. The van der Waals surface area contributed by atoms with Crippen molar-refractivity contribution in [1.29, 1.82) is 10.5 Å². The fourth-order valence-electron chi connectivity index (χ4n) is 17.6. The number of hydrogen-bond acceptors (Lipinski definition) is 10. The molecule has 686 valence electrons. The fourth-order valence-corrected chi connectivity index (χ4v) is 18.2. The molecule has 18 nitrogen and oxygen atoms in total. The highest BCUT2D eigenvalue weighted by atomic mass is 35.5. The van der Waals surface area contributed by atoms with Gasteiger partial charge >= 0.3 is 30.3 Å². The molecule has 26 heteroatoms. The topological polar surface area (TPSA) is 225 Å². The SMILES string of the molecule is CN1CCC(CNC(=O)Nc2cc(F)cc(F)c2)(c2ccc(-c3cccc(Cl)c3)cc2)CC1.CN1CCC(CNC(=O)Nc2ccc(Cl)c(C(F)(F)F)c2)(c2ccc(-c3cccc(C#N)c3)cc2)CC1.CN1CCC(CNC(=O)Nc2ccccc2)(c2ccc(-c3cccc(C#N)c3)cc2)CC1.CN1CCC(CNC(=O)Nc2ccccc2)(c2ccc(-c3cccc(Cl)c3)cc2)CC1. The van der Waals surface area contributed by atoms with Crippen molar-refractivity contribution in [3.63, 3.8) is 0 Å². The van der Waals surface area contributed by atoms with Crippen LogP contribution in [0.3, 0.4) is 0 Å². The Balaban J connectivity index is 0.000000151. The van der Waals surface area contributed by atoms with Crippen LogP contribution in [0.2, 0.25) is 15.1 Å². The number of halogens is 8. The van der Waals surface area contributed by atoms with Crippen LogP contribution < -0.4 is 42.5 Å². The van der Waals surface area contributed by atoms with Crippen LogP contribution in [-0.4, -0.2) is 150 Å². The lowest BCUT2D eigenvalue weighted by molar-refractivity contribution is -0.137.